The predicted octanol–water partition coefficient (Wildman–Crippen LogP) is 5.52. The monoisotopic (exact) mass is 476 g/mol. The average Bonchev–Trinajstić information content (AvgIpc) is 3.15. The molecule has 0 unspecified atom stereocenters. The second kappa shape index (κ2) is 9.98. The lowest BCUT2D eigenvalue weighted by atomic mass is 10.2. The number of likely N-dealkylation sites (N-methyl/N-ethyl adjacent to an activating group) is 1. The summed E-state index contributed by atoms with van der Waals surface area (Å²) in [7, 11) is 0. The fourth-order valence-electron chi connectivity index (χ4n) is 2.79. The first-order valence-corrected chi connectivity index (χ1v) is 11.0. The van der Waals surface area contributed by atoms with E-state index in [1.807, 2.05) is 43.5 Å². The van der Waals surface area contributed by atoms with Crippen molar-refractivity contribution in [3.63, 3.8) is 0 Å². The minimum atomic E-state index is -0.316. The lowest BCUT2D eigenvalue weighted by Gasteiger charge is -2.21. The topological polar surface area (TPSA) is 42.4 Å². The Morgan fingerprint density at radius 3 is 2.72 bits per heavy atom. The van der Waals surface area contributed by atoms with Gasteiger partial charge in [-0.05, 0) is 44.2 Å². The number of hydrogen-bond acceptors (Lipinski definition) is 4. The summed E-state index contributed by atoms with van der Waals surface area (Å²) < 4.78 is 20.6. The van der Waals surface area contributed by atoms with E-state index in [0.717, 1.165) is 15.2 Å². The van der Waals surface area contributed by atoms with E-state index in [-0.39, 0.29) is 24.7 Å². The Hall–Kier alpha value is -2.25. The Kier molecular flexibility index (Phi) is 7.39. The van der Waals surface area contributed by atoms with Crippen LogP contribution >= 0.6 is 27.3 Å². The van der Waals surface area contributed by atoms with Crippen LogP contribution in [0.2, 0.25) is 0 Å². The third kappa shape index (κ3) is 6.11. The van der Waals surface area contributed by atoms with E-state index >= 15 is 0 Å². The van der Waals surface area contributed by atoms with Gasteiger partial charge in [-0.25, -0.2) is 9.37 Å². The van der Waals surface area contributed by atoms with Crippen molar-refractivity contribution in [3.8, 4) is 5.75 Å². The largest absolute Gasteiger partial charge is 0.486 e. The fourth-order valence-corrected chi connectivity index (χ4v) is 3.90. The molecule has 4 nitrogen and oxygen atoms in total. The van der Waals surface area contributed by atoms with Gasteiger partial charge in [0, 0.05) is 28.5 Å². The standard InChI is InChI=1S/C22H22BrFN2O2S/c1-3-26(12-16-10-17(23)6-9-20(16)24)22(27)11-18-14-29-21(25-18)13-28-19-7-4-15(2)5-8-19/h4-10,14H,3,11-13H2,1-2H3. The predicted molar refractivity (Wildman–Crippen MR) is 117 cm³/mol. The average molecular weight is 477 g/mol. The van der Waals surface area contributed by atoms with E-state index in [9.17, 15) is 9.18 Å². The third-order valence-corrected chi connectivity index (χ3v) is 5.78. The summed E-state index contributed by atoms with van der Waals surface area (Å²) in [5.41, 5.74) is 2.37. The van der Waals surface area contributed by atoms with E-state index in [0.29, 0.717) is 24.4 Å². The number of halogens is 2. The van der Waals surface area contributed by atoms with Crippen LogP contribution in [0, 0.1) is 12.7 Å². The molecule has 0 aliphatic heterocycles. The van der Waals surface area contributed by atoms with Gasteiger partial charge in [0.15, 0.2) is 0 Å². The van der Waals surface area contributed by atoms with Crippen molar-refractivity contribution in [3.05, 3.63) is 80.0 Å². The summed E-state index contributed by atoms with van der Waals surface area (Å²) >= 11 is 4.81. The fraction of sp³-hybridized carbons (Fsp3) is 0.273. The normalized spacial score (nSPS) is 10.8. The molecule has 0 N–H and O–H groups in total. The zero-order chi connectivity index (χ0) is 20.8. The number of rotatable bonds is 8. The SMILES string of the molecule is CCN(Cc1cc(Br)ccc1F)C(=O)Cc1csc(COc2ccc(C)cc2)n1. The molecule has 0 aliphatic carbocycles. The summed E-state index contributed by atoms with van der Waals surface area (Å²) in [4.78, 5) is 18.8. The second-order valence-corrected chi connectivity index (χ2v) is 8.51. The number of aromatic nitrogens is 1. The van der Waals surface area contributed by atoms with Crippen LogP contribution in [0.1, 0.15) is 28.8 Å². The smallest absolute Gasteiger partial charge is 0.228 e. The molecule has 0 aliphatic rings. The Morgan fingerprint density at radius 2 is 2.00 bits per heavy atom. The van der Waals surface area contributed by atoms with Crippen LogP contribution in [0.4, 0.5) is 4.39 Å². The van der Waals surface area contributed by atoms with E-state index in [2.05, 4.69) is 20.9 Å². The maximum atomic E-state index is 14.0. The lowest BCUT2D eigenvalue weighted by Crippen LogP contribution is -2.32. The van der Waals surface area contributed by atoms with Crippen LogP contribution in [0.25, 0.3) is 0 Å². The molecule has 0 atom stereocenters. The maximum absolute atomic E-state index is 14.0. The highest BCUT2D eigenvalue weighted by molar-refractivity contribution is 9.10. The maximum Gasteiger partial charge on any atom is 0.228 e. The Morgan fingerprint density at radius 1 is 1.24 bits per heavy atom. The van der Waals surface area contributed by atoms with Crippen LogP contribution in [0.5, 0.6) is 5.75 Å². The molecule has 0 saturated carbocycles. The zero-order valence-corrected chi connectivity index (χ0v) is 18.7. The first-order chi connectivity index (χ1) is 13.9. The van der Waals surface area contributed by atoms with Gasteiger partial charge in [-0.15, -0.1) is 11.3 Å². The van der Waals surface area contributed by atoms with Crippen LogP contribution in [-0.4, -0.2) is 22.3 Å². The molecule has 152 valence electrons. The van der Waals surface area contributed by atoms with Gasteiger partial charge in [-0.3, -0.25) is 4.79 Å². The molecule has 1 amide bonds. The van der Waals surface area contributed by atoms with Gasteiger partial charge in [0.1, 0.15) is 23.2 Å². The van der Waals surface area contributed by atoms with Crippen LogP contribution < -0.4 is 4.74 Å². The number of thiazole rings is 1. The first kappa shape index (κ1) is 21.5. The van der Waals surface area contributed by atoms with Gasteiger partial charge in [0.2, 0.25) is 5.91 Å². The van der Waals surface area contributed by atoms with Gasteiger partial charge >= 0.3 is 0 Å². The van der Waals surface area contributed by atoms with Crippen LogP contribution in [-0.2, 0) is 24.4 Å². The number of amides is 1. The van der Waals surface area contributed by atoms with Gasteiger partial charge < -0.3 is 9.64 Å². The third-order valence-electron chi connectivity index (χ3n) is 4.42. The number of hydrogen-bond donors (Lipinski definition) is 0. The van der Waals surface area contributed by atoms with E-state index in [4.69, 9.17) is 4.74 Å². The highest BCUT2D eigenvalue weighted by atomic mass is 79.9. The molecule has 0 spiro atoms. The van der Waals surface area contributed by atoms with Crippen molar-refractivity contribution in [1.82, 2.24) is 9.88 Å². The van der Waals surface area contributed by atoms with Crippen molar-refractivity contribution >= 4 is 33.2 Å². The summed E-state index contributed by atoms with van der Waals surface area (Å²) in [6.45, 7) is 5.00. The van der Waals surface area contributed by atoms with Gasteiger partial charge in [-0.1, -0.05) is 33.6 Å². The molecular formula is C22H22BrFN2O2S. The van der Waals surface area contributed by atoms with Crippen molar-refractivity contribution in [1.29, 1.82) is 0 Å². The number of ether oxygens (including phenoxy) is 1. The van der Waals surface area contributed by atoms with Crippen LogP contribution in [0.15, 0.2) is 52.3 Å². The van der Waals surface area contributed by atoms with E-state index in [1.165, 1.54) is 23.0 Å². The van der Waals surface area contributed by atoms with Crippen molar-refractivity contribution in [2.75, 3.05) is 6.54 Å². The summed E-state index contributed by atoms with van der Waals surface area (Å²) in [6.07, 6.45) is 0.185. The molecule has 0 radical (unpaired) electrons. The summed E-state index contributed by atoms with van der Waals surface area (Å²) in [5, 5.41) is 2.69. The molecule has 3 aromatic rings. The molecule has 0 bridgehead atoms. The molecule has 1 heterocycles. The number of carbonyl (C=O) groups is 1. The molecule has 3 rings (SSSR count). The first-order valence-electron chi connectivity index (χ1n) is 9.29. The van der Waals surface area contributed by atoms with Gasteiger partial charge in [0.25, 0.3) is 0 Å². The molecule has 0 saturated heterocycles. The van der Waals surface area contributed by atoms with Crippen molar-refractivity contribution < 1.29 is 13.9 Å². The quantitative estimate of drug-likeness (QED) is 0.429. The zero-order valence-electron chi connectivity index (χ0n) is 16.3. The Labute approximate surface area is 182 Å². The minimum absolute atomic E-state index is 0.0804. The molecule has 29 heavy (non-hydrogen) atoms. The Balaban J connectivity index is 1.58. The number of carbonyl (C=O) groups excluding carboxylic acids is 1. The highest BCUT2D eigenvalue weighted by Crippen LogP contribution is 2.19. The van der Waals surface area contributed by atoms with E-state index < -0.39 is 0 Å². The molecule has 0 fully saturated rings. The van der Waals surface area contributed by atoms with Gasteiger partial charge in [-0.2, -0.15) is 0 Å². The molecular weight excluding hydrogens is 455 g/mol. The van der Waals surface area contributed by atoms with Crippen molar-refractivity contribution in [2.45, 2.75) is 33.4 Å². The van der Waals surface area contributed by atoms with Crippen molar-refractivity contribution in [2.24, 2.45) is 0 Å². The summed E-state index contributed by atoms with van der Waals surface area (Å²) in [5.74, 6) is 0.392. The lowest BCUT2D eigenvalue weighted by molar-refractivity contribution is -0.130. The molecule has 2 aromatic carbocycles. The Bertz CT molecular complexity index is 975. The number of nitrogens with zero attached hydrogens (tertiary/aromatic N) is 2. The summed E-state index contributed by atoms with van der Waals surface area (Å²) in [6, 6.07) is 12.6. The van der Waals surface area contributed by atoms with Crippen LogP contribution in [0.3, 0.4) is 0 Å². The second-order valence-electron chi connectivity index (χ2n) is 6.65. The van der Waals surface area contributed by atoms with E-state index in [1.54, 1.807) is 17.0 Å². The minimum Gasteiger partial charge on any atom is -0.486 e. The highest BCUT2D eigenvalue weighted by Gasteiger charge is 2.17. The molecule has 7 heteroatoms. The van der Waals surface area contributed by atoms with Gasteiger partial charge in [0.05, 0.1) is 12.1 Å². The number of aryl methyl sites for hydroxylation is 1. The number of benzene rings is 2. The molecule has 1 aromatic heterocycles.